The third-order valence-electron chi connectivity index (χ3n) is 6.31. The molecule has 3 aromatic rings. The van der Waals surface area contributed by atoms with E-state index in [0.717, 1.165) is 22.6 Å². The summed E-state index contributed by atoms with van der Waals surface area (Å²) in [7, 11) is 0. The van der Waals surface area contributed by atoms with Crippen LogP contribution in [0.2, 0.25) is 0 Å². The Bertz CT molecular complexity index is 1130. The number of aliphatic hydroxyl groups is 1. The number of hydrogen-bond acceptors (Lipinski definition) is 5. The molecule has 0 unspecified atom stereocenters. The van der Waals surface area contributed by atoms with Gasteiger partial charge < -0.3 is 20.3 Å². The smallest absolute Gasteiger partial charge is 0.344 e. The van der Waals surface area contributed by atoms with E-state index in [-0.39, 0.29) is 30.6 Å². The summed E-state index contributed by atoms with van der Waals surface area (Å²) in [5.41, 5.74) is 8.54. The Morgan fingerprint density at radius 3 is 2.42 bits per heavy atom. The zero-order valence-electron chi connectivity index (χ0n) is 21.4. The number of nitrogens with two attached hydrogens (primary N) is 1. The van der Waals surface area contributed by atoms with Crippen molar-refractivity contribution in [2.75, 3.05) is 26.2 Å². The third-order valence-corrected chi connectivity index (χ3v) is 6.31. The second-order valence-electron chi connectivity index (χ2n) is 10.4. The Kier molecular flexibility index (Phi) is 8.08. The number of β-amino-alcohol motifs (C(OH)–C–C–N with tert-alkyl or cyclic N) is 1. The number of carbonyl (C=O) groups excluding carboxylic acids is 1. The quantitative estimate of drug-likeness (QED) is 0.495. The van der Waals surface area contributed by atoms with Crippen molar-refractivity contribution >= 4 is 6.03 Å². The van der Waals surface area contributed by atoms with Crippen molar-refractivity contribution in [3.05, 3.63) is 78.2 Å². The molecule has 0 radical (unpaired) electrons. The molecule has 2 aromatic carbocycles. The van der Waals surface area contributed by atoms with Crippen LogP contribution in [0.25, 0.3) is 11.3 Å². The van der Waals surface area contributed by atoms with Gasteiger partial charge >= 0.3 is 6.03 Å². The van der Waals surface area contributed by atoms with E-state index >= 15 is 0 Å². The summed E-state index contributed by atoms with van der Waals surface area (Å²) in [6, 6.07) is 19.7. The van der Waals surface area contributed by atoms with Gasteiger partial charge in [0.15, 0.2) is 0 Å². The highest BCUT2D eigenvalue weighted by Crippen LogP contribution is 2.40. The van der Waals surface area contributed by atoms with Gasteiger partial charge in [-0.05, 0) is 23.9 Å². The van der Waals surface area contributed by atoms with Crippen LogP contribution in [0, 0.1) is 5.41 Å². The molecule has 1 aliphatic heterocycles. The predicted octanol–water partition coefficient (Wildman–Crippen LogP) is 4.06. The zero-order chi connectivity index (χ0) is 25.7. The first-order valence-electron chi connectivity index (χ1n) is 12.5. The number of amides is 2. The first kappa shape index (κ1) is 25.9. The van der Waals surface area contributed by atoms with E-state index in [1.807, 2.05) is 53.4 Å². The molecule has 2 amide bonds. The van der Waals surface area contributed by atoms with Gasteiger partial charge in [0, 0.05) is 24.8 Å². The molecular formula is C28H37N5O3. The number of aromatic nitrogens is 2. The molecule has 1 fully saturated rings. The van der Waals surface area contributed by atoms with E-state index in [4.69, 9.17) is 15.6 Å². The summed E-state index contributed by atoms with van der Waals surface area (Å²) < 4.78 is 2.15. The fourth-order valence-electron chi connectivity index (χ4n) is 4.64. The average molecular weight is 492 g/mol. The van der Waals surface area contributed by atoms with Crippen molar-refractivity contribution in [2.45, 2.75) is 45.9 Å². The van der Waals surface area contributed by atoms with Crippen molar-refractivity contribution < 1.29 is 14.7 Å². The number of imidazole rings is 1. The standard InChI is InChI=1S/C28H37N5O3/c1-28(2,3)25(32(16-10-15-29)27(35)33-18-23(34)20-36-33)26-30-24(22-13-8-5-9-14-22)19-31(26)17-21-11-6-4-7-12-21/h4-9,11-14,19,23,25,34H,10,15-18,20,29H2,1-3H3/t23-,25+/m1/s1. The summed E-state index contributed by atoms with van der Waals surface area (Å²) in [5.74, 6) is 0.801. The minimum atomic E-state index is -0.692. The van der Waals surface area contributed by atoms with Gasteiger partial charge in [0.2, 0.25) is 0 Å². The molecular weight excluding hydrogens is 454 g/mol. The molecule has 3 N–H and O–H groups in total. The lowest BCUT2D eigenvalue weighted by atomic mass is 9.84. The molecule has 2 atom stereocenters. The van der Waals surface area contributed by atoms with E-state index in [9.17, 15) is 9.90 Å². The number of hydroxylamine groups is 2. The van der Waals surface area contributed by atoms with Crippen LogP contribution < -0.4 is 5.73 Å². The molecule has 8 nitrogen and oxygen atoms in total. The number of urea groups is 1. The normalized spacial score (nSPS) is 16.8. The van der Waals surface area contributed by atoms with Crippen molar-refractivity contribution in [1.29, 1.82) is 0 Å². The van der Waals surface area contributed by atoms with E-state index in [0.29, 0.717) is 26.1 Å². The van der Waals surface area contributed by atoms with Gasteiger partial charge in [-0.1, -0.05) is 81.4 Å². The van der Waals surface area contributed by atoms with Gasteiger partial charge in [-0.3, -0.25) is 4.84 Å². The Labute approximate surface area is 213 Å². The van der Waals surface area contributed by atoms with Crippen molar-refractivity contribution in [3.63, 3.8) is 0 Å². The second kappa shape index (κ2) is 11.2. The minimum absolute atomic E-state index is 0.109. The van der Waals surface area contributed by atoms with Gasteiger partial charge in [-0.2, -0.15) is 0 Å². The minimum Gasteiger partial charge on any atom is -0.389 e. The molecule has 1 saturated heterocycles. The van der Waals surface area contributed by atoms with Crippen molar-refractivity contribution in [1.82, 2.24) is 19.5 Å². The first-order chi connectivity index (χ1) is 17.3. The van der Waals surface area contributed by atoms with Crippen LogP contribution in [0.4, 0.5) is 4.79 Å². The van der Waals surface area contributed by atoms with E-state index < -0.39 is 6.10 Å². The van der Waals surface area contributed by atoms with E-state index in [1.165, 1.54) is 5.06 Å². The van der Waals surface area contributed by atoms with Gasteiger partial charge in [0.25, 0.3) is 0 Å². The molecule has 1 aromatic heterocycles. The molecule has 0 bridgehead atoms. The van der Waals surface area contributed by atoms with Gasteiger partial charge in [-0.15, -0.1) is 0 Å². The Morgan fingerprint density at radius 1 is 1.17 bits per heavy atom. The SMILES string of the molecule is CC(C)(C)[C@H](c1nc(-c2ccccc2)cn1Cc1ccccc1)N(CCCN)C(=O)N1C[C@@H](O)CO1. The fourth-order valence-corrected chi connectivity index (χ4v) is 4.64. The first-order valence-corrected chi connectivity index (χ1v) is 12.5. The maximum atomic E-state index is 13.7. The lowest BCUT2D eigenvalue weighted by molar-refractivity contribution is -0.0855. The molecule has 0 spiro atoms. The van der Waals surface area contributed by atoms with Crippen LogP contribution in [0.3, 0.4) is 0 Å². The topological polar surface area (TPSA) is 96.9 Å². The highest BCUT2D eigenvalue weighted by atomic mass is 16.7. The summed E-state index contributed by atoms with van der Waals surface area (Å²) in [5, 5.41) is 11.3. The Hall–Kier alpha value is -3.20. The van der Waals surface area contributed by atoms with E-state index in [1.54, 1.807) is 0 Å². The fraction of sp³-hybridized carbons (Fsp3) is 0.429. The largest absolute Gasteiger partial charge is 0.389 e. The van der Waals surface area contributed by atoms with E-state index in [2.05, 4.69) is 43.7 Å². The van der Waals surface area contributed by atoms with Crippen molar-refractivity contribution in [3.8, 4) is 11.3 Å². The highest BCUT2D eigenvalue weighted by molar-refractivity contribution is 5.74. The average Bonchev–Trinajstić information content (AvgIpc) is 3.48. The molecule has 0 saturated carbocycles. The molecule has 192 valence electrons. The van der Waals surface area contributed by atoms with Gasteiger partial charge in [-0.25, -0.2) is 14.8 Å². The number of hydrogen-bond donors (Lipinski definition) is 2. The summed E-state index contributed by atoms with van der Waals surface area (Å²) in [6.07, 6.45) is 2.01. The van der Waals surface area contributed by atoms with Crippen LogP contribution >= 0.6 is 0 Å². The maximum absolute atomic E-state index is 13.7. The molecule has 2 heterocycles. The monoisotopic (exact) mass is 491 g/mol. The lowest BCUT2D eigenvalue weighted by Crippen LogP contribution is -2.48. The zero-order valence-corrected chi connectivity index (χ0v) is 21.4. The van der Waals surface area contributed by atoms with Crippen LogP contribution in [0.5, 0.6) is 0 Å². The number of rotatable bonds is 8. The Balaban J connectivity index is 1.81. The number of benzene rings is 2. The maximum Gasteiger partial charge on any atom is 0.344 e. The highest BCUT2D eigenvalue weighted by Gasteiger charge is 2.41. The molecule has 8 heteroatoms. The van der Waals surface area contributed by atoms with Crippen LogP contribution in [0.15, 0.2) is 66.9 Å². The van der Waals surface area contributed by atoms with Crippen molar-refractivity contribution in [2.24, 2.45) is 11.1 Å². The molecule has 0 aliphatic carbocycles. The second-order valence-corrected chi connectivity index (χ2v) is 10.4. The summed E-state index contributed by atoms with van der Waals surface area (Å²) >= 11 is 0. The summed E-state index contributed by atoms with van der Waals surface area (Å²) in [6.45, 7) is 8.13. The summed E-state index contributed by atoms with van der Waals surface area (Å²) in [4.78, 5) is 26.2. The number of nitrogens with zero attached hydrogens (tertiary/aromatic N) is 4. The van der Waals surface area contributed by atoms with Crippen LogP contribution in [-0.2, 0) is 11.4 Å². The molecule has 4 rings (SSSR count). The number of aliphatic hydroxyl groups excluding tert-OH is 1. The Morgan fingerprint density at radius 2 is 1.83 bits per heavy atom. The van der Waals surface area contributed by atoms with Gasteiger partial charge in [0.05, 0.1) is 18.3 Å². The lowest BCUT2D eigenvalue weighted by Gasteiger charge is -2.41. The molecule has 1 aliphatic rings. The van der Waals surface area contributed by atoms with Crippen LogP contribution in [-0.4, -0.2) is 63.0 Å². The molecule has 36 heavy (non-hydrogen) atoms. The van der Waals surface area contributed by atoms with Crippen LogP contribution in [0.1, 0.15) is 44.6 Å². The predicted molar refractivity (Wildman–Crippen MR) is 140 cm³/mol. The van der Waals surface area contributed by atoms with Gasteiger partial charge in [0.1, 0.15) is 18.5 Å². The third kappa shape index (κ3) is 5.95. The number of carbonyl (C=O) groups is 1.